The first-order valence-corrected chi connectivity index (χ1v) is 12.1. The van der Waals surface area contributed by atoms with Gasteiger partial charge in [0.15, 0.2) is 11.5 Å². The number of halogens is 2. The standard InChI is InChI=1S/C21H22Cl2N2O5S/c1-13(16-6-4-14(22)11-17(16)23)24-21(26)18-3-2-8-25(18)31(27,28)15-5-7-19-20(12-15)30-10-9-29-19/h4-7,11-13,18H,2-3,8-10H2,1H3,(H,24,26). The lowest BCUT2D eigenvalue weighted by molar-refractivity contribution is -0.124. The topological polar surface area (TPSA) is 84.9 Å². The highest BCUT2D eigenvalue weighted by Crippen LogP contribution is 2.35. The number of rotatable bonds is 5. The molecule has 1 amide bonds. The van der Waals surface area contributed by atoms with Crippen molar-refractivity contribution in [2.45, 2.75) is 36.7 Å². The Morgan fingerprint density at radius 3 is 2.61 bits per heavy atom. The first kappa shape index (κ1) is 22.2. The molecule has 0 saturated carbocycles. The Hall–Kier alpha value is -2.00. The summed E-state index contributed by atoms with van der Waals surface area (Å²) >= 11 is 12.2. The number of hydrogen-bond acceptors (Lipinski definition) is 5. The Morgan fingerprint density at radius 2 is 1.87 bits per heavy atom. The highest BCUT2D eigenvalue weighted by molar-refractivity contribution is 7.89. The van der Waals surface area contributed by atoms with Crippen molar-refractivity contribution in [2.24, 2.45) is 0 Å². The van der Waals surface area contributed by atoms with Gasteiger partial charge in [-0.1, -0.05) is 29.3 Å². The van der Waals surface area contributed by atoms with E-state index >= 15 is 0 Å². The smallest absolute Gasteiger partial charge is 0.243 e. The Labute approximate surface area is 191 Å². The minimum absolute atomic E-state index is 0.0743. The minimum atomic E-state index is -3.89. The summed E-state index contributed by atoms with van der Waals surface area (Å²) in [5, 5.41) is 3.82. The number of carbonyl (C=O) groups excluding carboxylic acids is 1. The van der Waals surface area contributed by atoms with Gasteiger partial charge in [-0.25, -0.2) is 8.42 Å². The van der Waals surface area contributed by atoms with Crippen LogP contribution in [0, 0.1) is 0 Å². The number of fused-ring (bicyclic) bond motifs is 1. The molecule has 2 heterocycles. The quantitative estimate of drug-likeness (QED) is 0.697. The van der Waals surface area contributed by atoms with E-state index in [9.17, 15) is 13.2 Å². The summed E-state index contributed by atoms with van der Waals surface area (Å²) in [5.74, 6) is 0.533. The summed E-state index contributed by atoms with van der Waals surface area (Å²) in [6.45, 7) is 2.84. The van der Waals surface area contributed by atoms with Crippen LogP contribution in [0.15, 0.2) is 41.3 Å². The van der Waals surface area contributed by atoms with E-state index < -0.39 is 22.1 Å². The minimum Gasteiger partial charge on any atom is -0.486 e. The SMILES string of the molecule is CC(NC(=O)C1CCCN1S(=O)(=O)c1ccc2c(c1)OCCO2)c1ccc(Cl)cc1Cl. The molecule has 4 rings (SSSR count). The number of ether oxygens (including phenoxy) is 2. The zero-order valence-electron chi connectivity index (χ0n) is 16.8. The predicted molar refractivity (Wildman–Crippen MR) is 117 cm³/mol. The normalized spacial score (nSPS) is 19.8. The molecule has 166 valence electrons. The summed E-state index contributed by atoms with van der Waals surface area (Å²) < 4.78 is 38.8. The molecular formula is C21H22Cl2N2O5S. The Morgan fingerprint density at radius 1 is 1.13 bits per heavy atom. The molecule has 7 nitrogen and oxygen atoms in total. The van der Waals surface area contributed by atoms with Gasteiger partial charge in [0.1, 0.15) is 19.3 Å². The van der Waals surface area contributed by atoms with Crippen molar-refractivity contribution in [1.29, 1.82) is 0 Å². The van der Waals surface area contributed by atoms with Crippen LogP contribution in [0.2, 0.25) is 10.0 Å². The van der Waals surface area contributed by atoms with Gasteiger partial charge in [-0.05, 0) is 49.6 Å². The van der Waals surface area contributed by atoms with Gasteiger partial charge in [-0.15, -0.1) is 0 Å². The maximum absolute atomic E-state index is 13.3. The third-order valence-electron chi connectivity index (χ3n) is 5.41. The molecule has 1 fully saturated rings. The third kappa shape index (κ3) is 4.48. The van der Waals surface area contributed by atoms with Gasteiger partial charge in [0, 0.05) is 22.7 Å². The number of nitrogens with zero attached hydrogens (tertiary/aromatic N) is 1. The maximum atomic E-state index is 13.3. The fourth-order valence-corrected chi connectivity index (χ4v) is 6.09. The van der Waals surface area contributed by atoms with E-state index in [4.69, 9.17) is 32.7 Å². The summed E-state index contributed by atoms with van der Waals surface area (Å²) in [6.07, 6.45) is 1.04. The van der Waals surface area contributed by atoms with E-state index in [-0.39, 0.29) is 17.3 Å². The van der Waals surface area contributed by atoms with E-state index in [2.05, 4.69) is 5.32 Å². The molecule has 0 radical (unpaired) electrons. The van der Waals surface area contributed by atoms with E-state index in [1.807, 2.05) is 0 Å². The molecule has 2 unspecified atom stereocenters. The number of hydrogen-bond donors (Lipinski definition) is 1. The summed E-state index contributed by atoms with van der Waals surface area (Å²) in [4.78, 5) is 13.1. The summed E-state index contributed by atoms with van der Waals surface area (Å²) in [6, 6.07) is 8.35. The van der Waals surface area contributed by atoms with Crippen LogP contribution in [0.3, 0.4) is 0 Å². The lowest BCUT2D eigenvalue weighted by atomic mass is 10.1. The highest BCUT2D eigenvalue weighted by atomic mass is 35.5. The van der Waals surface area contributed by atoms with E-state index in [0.29, 0.717) is 53.2 Å². The molecule has 0 spiro atoms. The zero-order chi connectivity index (χ0) is 22.2. The average molecular weight is 485 g/mol. The van der Waals surface area contributed by atoms with Crippen LogP contribution >= 0.6 is 23.2 Å². The van der Waals surface area contributed by atoms with E-state index in [1.54, 1.807) is 31.2 Å². The maximum Gasteiger partial charge on any atom is 0.243 e. The van der Waals surface area contributed by atoms with Crippen LogP contribution in [0.4, 0.5) is 0 Å². The van der Waals surface area contributed by atoms with Crippen molar-refractivity contribution in [3.63, 3.8) is 0 Å². The molecular weight excluding hydrogens is 463 g/mol. The van der Waals surface area contributed by atoms with Crippen LogP contribution in [-0.4, -0.2) is 44.4 Å². The molecule has 10 heteroatoms. The Bertz CT molecular complexity index is 1110. The first-order valence-electron chi connectivity index (χ1n) is 9.94. The van der Waals surface area contributed by atoms with Crippen molar-refractivity contribution < 1.29 is 22.7 Å². The zero-order valence-corrected chi connectivity index (χ0v) is 19.1. The monoisotopic (exact) mass is 484 g/mol. The summed E-state index contributed by atoms with van der Waals surface area (Å²) in [7, 11) is -3.89. The van der Waals surface area contributed by atoms with Gasteiger partial charge in [0.25, 0.3) is 0 Å². The van der Waals surface area contributed by atoms with Crippen LogP contribution in [0.25, 0.3) is 0 Å². The number of sulfonamides is 1. The van der Waals surface area contributed by atoms with Crippen LogP contribution in [0.5, 0.6) is 11.5 Å². The Balaban J connectivity index is 1.53. The molecule has 0 aromatic heterocycles. The second-order valence-electron chi connectivity index (χ2n) is 7.48. The predicted octanol–water partition coefficient (Wildman–Crippen LogP) is 3.80. The van der Waals surface area contributed by atoms with Crippen LogP contribution in [0.1, 0.15) is 31.4 Å². The van der Waals surface area contributed by atoms with Gasteiger partial charge >= 0.3 is 0 Å². The lowest BCUT2D eigenvalue weighted by Crippen LogP contribution is -2.46. The van der Waals surface area contributed by atoms with Gasteiger partial charge in [-0.3, -0.25) is 4.79 Å². The van der Waals surface area contributed by atoms with Crippen molar-refractivity contribution in [2.75, 3.05) is 19.8 Å². The second-order valence-corrected chi connectivity index (χ2v) is 10.2. The van der Waals surface area contributed by atoms with Crippen molar-refractivity contribution in [1.82, 2.24) is 9.62 Å². The molecule has 2 atom stereocenters. The molecule has 2 aliphatic heterocycles. The highest BCUT2D eigenvalue weighted by Gasteiger charge is 2.40. The third-order valence-corrected chi connectivity index (χ3v) is 7.88. The molecule has 0 aliphatic carbocycles. The van der Waals surface area contributed by atoms with E-state index in [1.165, 1.54) is 16.4 Å². The molecule has 1 saturated heterocycles. The molecule has 2 aromatic carbocycles. The first-order chi connectivity index (χ1) is 14.8. The molecule has 0 bridgehead atoms. The van der Waals surface area contributed by atoms with Gasteiger partial charge < -0.3 is 14.8 Å². The van der Waals surface area contributed by atoms with Gasteiger partial charge in [0.2, 0.25) is 15.9 Å². The molecule has 2 aliphatic rings. The van der Waals surface area contributed by atoms with Gasteiger partial charge in [-0.2, -0.15) is 4.31 Å². The second kappa shape index (κ2) is 8.86. The van der Waals surface area contributed by atoms with Crippen molar-refractivity contribution in [3.05, 3.63) is 52.0 Å². The fraction of sp³-hybridized carbons (Fsp3) is 0.381. The number of carbonyl (C=O) groups is 1. The van der Waals surface area contributed by atoms with E-state index in [0.717, 1.165) is 0 Å². The fourth-order valence-electron chi connectivity index (χ4n) is 3.85. The van der Waals surface area contributed by atoms with Crippen LogP contribution in [-0.2, 0) is 14.8 Å². The van der Waals surface area contributed by atoms with Crippen LogP contribution < -0.4 is 14.8 Å². The molecule has 31 heavy (non-hydrogen) atoms. The van der Waals surface area contributed by atoms with Crippen molar-refractivity contribution >= 4 is 39.1 Å². The number of benzene rings is 2. The Kier molecular flexibility index (Phi) is 6.35. The van der Waals surface area contributed by atoms with Crippen molar-refractivity contribution in [3.8, 4) is 11.5 Å². The lowest BCUT2D eigenvalue weighted by Gasteiger charge is -2.26. The number of amides is 1. The number of nitrogens with one attached hydrogen (secondary N) is 1. The molecule has 1 N–H and O–H groups in total. The summed E-state index contributed by atoms with van der Waals surface area (Å²) in [5.41, 5.74) is 0.707. The average Bonchev–Trinajstić information content (AvgIpc) is 3.24. The largest absolute Gasteiger partial charge is 0.486 e. The van der Waals surface area contributed by atoms with Gasteiger partial charge in [0.05, 0.1) is 10.9 Å². The molecule has 2 aromatic rings.